The largest absolute Gasteiger partial charge is 0.369 e. The fraction of sp³-hybridized carbons (Fsp3) is 1.00. The second kappa shape index (κ2) is 3.23. The van der Waals surface area contributed by atoms with Crippen molar-refractivity contribution in [1.82, 2.24) is 0 Å². The Morgan fingerprint density at radius 3 is 3.22 bits per heavy atom. The van der Waals surface area contributed by atoms with Crippen LogP contribution < -0.4 is 0 Å². The molecule has 1 aliphatic rings. The summed E-state index contributed by atoms with van der Waals surface area (Å²) in [6.07, 6.45) is 1.17. The molecule has 0 spiro atoms. The van der Waals surface area contributed by atoms with E-state index < -0.39 is 6.29 Å². The van der Waals surface area contributed by atoms with Crippen LogP contribution in [0.25, 0.3) is 0 Å². The van der Waals surface area contributed by atoms with Crippen molar-refractivity contribution in [3.05, 3.63) is 0 Å². The zero-order valence-corrected chi connectivity index (χ0v) is 5.71. The van der Waals surface area contributed by atoms with Gasteiger partial charge in [-0.1, -0.05) is 12.7 Å². The van der Waals surface area contributed by atoms with Gasteiger partial charge < -0.3 is 9.84 Å². The molecular formula is C6H12BO2. The van der Waals surface area contributed by atoms with Gasteiger partial charge in [-0.3, -0.25) is 0 Å². The number of ether oxygens (including phenoxy) is 1. The van der Waals surface area contributed by atoms with E-state index in [1.165, 1.54) is 0 Å². The minimum absolute atomic E-state index is 0.546. The number of aliphatic hydroxyl groups excluding tert-OH is 1. The first-order valence-corrected chi connectivity index (χ1v) is 3.42. The monoisotopic (exact) mass is 127 g/mol. The van der Waals surface area contributed by atoms with E-state index >= 15 is 0 Å². The third-order valence-corrected chi connectivity index (χ3v) is 1.62. The summed E-state index contributed by atoms with van der Waals surface area (Å²) in [5.74, 6) is 0.599. The molecule has 1 fully saturated rings. The second-order valence-electron chi connectivity index (χ2n) is 2.56. The van der Waals surface area contributed by atoms with Gasteiger partial charge in [0, 0.05) is 6.61 Å². The molecule has 1 heterocycles. The summed E-state index contributed by atoms with van der Waals surface area (Å²) in [7, 11) is 2.11. The molecule has 0 aliphatic carbocycles. The van der Waals surface area contributed by atoms with E-state index in [0.717, 1.165) is 6.42 Å². The van der Waals surface area contributed by atoms with E-state index in [0.29, 0.717) is 18.7 Å². The van der Waals surface area contributed by atoms with Crippen LogP contribution in [-0.2, 0) is 4.74 Å². The molecule has 2 nitrogen and oxygen atoms in total. The molecule has 0 bridgehead atoms. The Balaban J connectivity index is 2.25. The number of aliphatic hydroxyl groups is 1. The van der Waals surface area contributed by atoms with Gasteiger partial charge >= 0.3 is 0 Å². The quantitative estimate of drug-likeness (QED) is 0.484. The first-order valence-electron chi connectivity index (χ1n) is 3.42. The van der Waals surface area contributed by atoms with Crippen molar-refractivity contribution >= 4 is 7.28 Å². The Labute approximate surface area is 56.5 Å². The van der Waals surface area contributed by atoms with Gasteiger partial charge in [-0.05, 0) is 12.7 Å². The van der Waals surface area contributed by atoms with Gasteiger partial charge in [-0.25, -0.2) is 0 Å². The van der Waals surface area contributed by atoms with E-state index in [2.05, 4.69) is 14.2 Å². The molecule has 0 amide bonds. The van der Waals surface area contributed by atoms with Crippen LogP contribution in [0.5, 0.6) is 0 Å². The summed E-state index contributed by atoms with van der Waals surface area (Å²) in [5.41, 5.74) is 0. The van der Waals surface area contributed by atoms with Gasteiger partial charge in [0.1, 0.15) is 13.6 Å². The van der Waals surface area contributed by atoms with Crippen LogP contribution in [0.15, 0.2) is 0 Å². The zero-order valence-electron chi connectivity index (χ0n) is 5.71. The highest BCUT2D eigenvalue weighted by molar-refractivity contribution is 6.37. The molecule has 0 aromatic heterocycles. The molecule has 2 atom stereocenters. The third kappa shape index (κ3) is 2.37. The Bertz CT molecular complexity index is 77.1. The maximum atomic E-state index is 8.95. The molecule has 9 heavy (non-hydrogen) atoms. The first kappa shape index (κ1) is 7.10. The number of hydrogen-bond acceptors (Lipinski definition) is 2. The van der Waals surface area contributed by atoms with Crippen molar-refractivity contribution in [2.75, 3.05) is 6.61 Å². The maximum absolute atomic E-state index is 8.95. The highest BCUT2D eigenvalue weighted by atomic mass is 16.6. The summed E-state index contributed by atoms with van der Waals surface area (Å²) < 4.78 is 5.00. The van der Waals surface area contributed by atoms with Crippen molar-refractivity contribution < 1.29 is 9.84 Å². The van der Waals surface area contributed by atoms with Gasteiger partial charge in [0.2, 0.25) is 0 Å². The lowest BCUT2D eigenvalue weighted by atomic mass is 9.62. The highest BCUT2D eigenvalue weighted by Crippen LogP contribution is 2.15. The smallest absolute Gasteiger partial charge is 0.147 e. The lowest BCUT2D eigenvalue weighted by Gasteiger charge is -2.04. The molecule has 0 saturated carbocycles. The van der Waals surface area contributed by atoms with Crippen molar-refractivity contribution in [3.8, 4) is 0 Å². The minimum atomic E-state index is -0.546. The van der Waals surface area contributed by atoms with Gasteiger partial charge in [-0.2, -0.15) is 0 Å². The van der Waals surface area contributed by atoms with Crippen LogP contribution >= 0.6 is 0 Å². The molecule has 1 radical (unpaired) electrons. The number of rotatable bonds is 0. The van der Waals surface area contributed by atoms with Crippen molar-refractivity contribution in [2.45, 2.75) is 31.8 Å². The summed E-state index contributed by atoms with van der Waals surface area (Å²) in [6.45, 7) is 2.83. The first-order chi connectivity index (χ1) is 4.29. The second-order valence-corrected chi connectivity index (χ2v) is 2.56. The normalized spacial score (nSPS) is 37.1. The summed E-state index contributed by atoms with van der Waals surface area (Å²) in [4.78, 5) is 0. The van der Waals surface area contributed by atoms with E-state index in [1.54, 1.807) is 0 Å². The summed E-state index contributed by atoms with van der Waals surface area (Å²) >= 11 is 0. The molecule has 1 N–H and O–H groups in total. The fourth-order valence-electron chi connectivity index (χ4n) is 0.925. The summed E-state index contributed by atoms with van der Waals surface area (Å²) in [5, 5.41) is 8.95. The average molecular weight is 127 g/mol. The average Bonchev–Trinajstić information content (AvgIpc) is 1.97. The van der Waals surface area contributed by atoms with Crippen LogP contribution in [0.3, 0.4) is 0 Å². The molecule has 1 aliphatic heterocycles. The predicted octanol–water partition coefficient (Wildman–Crippen LogP) is 0.656. The topological polar surface area (TPSA) is 29.5 Å². The van der Waals surface area contributed by atoms with Crippen molar-refractivity contribution in [3.63, 3.8) is 0 Å². The SMILES string of the molecule is CC1[B]CC(O)OCC1. The van der Waals surface area contributed by atoms with E-state index in [1.807, 2.05) is 0 Å². The molecule has 1 rings (SSSR count). The Hall–Kier alpha value is -0.0151. The van der Waals surface area contributed by atoms with E-state index in [-0.39, 0.29) is 0 Å². The zero-order chi connectivity index (χ0) is 6.69. The minimum Gasteiger partial charge on any atom is -0.369 e. The molecular weight excluding hydrogens is 115 g/mol. The molecule has 1 saturated heterocycles. The van der Waals surface area contributed by atoms with Crippen LogP contribution in [0.2, 0.25) is 12.1 Å². The van der Waals surface area contributed by atoms with Crippen LogP contribution in [0.1, 0.15) is 13.3 Å². The lowest BCUT2D eigenvalue weighted by Crippen LogP contribution is -2.10. The Morgan fingerprint density at radius 2 is 2.44 bits per heavy atom. The Kier molecular flexibility index (Phi) is 2.55. The van der Waals surface area contributed by atoms with Gasteiger partial charge in [0.15, 0.2) is 0 Å². The van der Waals surface area contributed by atoms with Crippen LogP contribution in [0, 0.1) is 0 Å². The van der Waals surface area contributed by atoms with E-state index in [4.69, 9.17) is 9.84 Å². The fourth-order valence-corrected chi connectivity index (χ4v) is 0.925. The van der Waals surface area contributed by atoms with Gasteiger partial charge in [0.25, 0.3) is 0 Å². The highest BCUT2D eigenvalue weighted by Gasteiger charge is 2.13. The standard InChI is InChI=1S/C6H12BO2/c1-5-2-3-9-6(8)4-7-5/h5-6,8H,2-4H2,1H3. The van der Waals surface area contributed by atoms with Crippen LogP contribution in [0.4, 0.5) is 0 Å². The van der Waals surface area contributed by atoms with Gasteiger partial charge in [0.05, 0.1) is 0 Å². The molecule has 0 aromatic rings. The van der Waals surface area contributed by atoms with E-state index in [9.17, 15) is 0 Å². The van der Waals surface area contributed by atoms with Crippen molar-refractivity contribution in [1.29, 1.82) is 0 Å². The molecule has 3 heteroatoms. The third-order valence-electron chi connectivity index (χ3n) is 1.62. The predicted molar refractivity (Wildman–Crippen MR) is 36.6 cm³/mol. The molecule has 2 unspecified atom stereocenters. The lowest BCUT2D eigenvalue weighted by molar-refractivity contribution is -0.0821. The Morgan fingerprint density at radius 1 is 1.67 bits per heavy atom. The van der Waals surface area contributed by atoms with Gasteiger partial charge in [-0.15, -0.1) is 0 Å². The summed E-state index contributed by atoms with van der Waals surface area (Å²) in [6, 6.07) is 0. The number of hydrogen-bond donors (Lipinski definition) is 1. The van der Waals surface area contributed by atoms with Crippen molar-refractivity contribution in [2.24, 2.45) is 0 Å². The van der Waals surface area contributed by atoms with Crippen LogP contribution in [-0.4, -0.2) is 25.3 Å². The molecule has 0 aromatic carbocycles. The molecule has 51 valence electrons. The maximum Gasteiger partial charge on any atom is 0.147 e.